The Balaban J connectivity index is 1.36. The first-order valence-electron chi connectivity index (χ1n) is 9.49. The van der Waals surface area contributed by atoms with Crippen molar-refractivity contribution in [1.29, 1.82) is 0 Å². The molecule has 0 aliphatic rings. The molecule has 3 aromatic heterocycles. The summed E-state index contributed by atoms with van der Waals surface area (Å²) in [6.45, 7) is 2.05. The number of hydrogen-bond donors (Lipinski definition) is 1. The second kappa shape index (κ2) is 7.90. The average Bonchev–Trinajstić information content (AvgIpc) is 3.43. The van der Waals surface area contributed by atoms with Gasteiger partial charge in [0.05, 0.1) is 27.2 Å². The maximum Gasteiger partial charge on any atom is 0.265 e. The van der Waals surface area contributed by atoms with Gasteiger partial charge in [-0.3, -0.25) is 19.5 Å². The molecular formula is C23H16N4O2S2. The van der Waals surface area contributed by atoms with E-state index in [2.05, 4.69) is 28.3 Å². The first kappa shape index (κ1) is 19.3. The lowest BCUT2D eigenvalue weighted by Gasteiger charge is -2.08. The van der Waals surface area contributed by atoms with E-state index in [1.165, 1.54) is 27.1 Å². The molecule has 1 N–H and O–H groups in total. The SMILES string of the molecule is Cc1ccc(-c2csc(NC(=O)c3ccc(-n4cnc5ccccc5c4=O)cc3)n2)s1. The molecule has 2 aromatic carbocycles. The zero-order valence-electron chi connectivity index (χ0n) is 16.4. The minimum Gasteiger partial charge on any atom is -0.298 e. The monoisotopic (exact) mass is 444 g/mol. The van der Waals surface area contributed by atoms with Gasteiger partial charge >= 0.3 is 0 Å². The van der Waals surface area contributed by atoms with Gasteiger partial charge in [0, 0.05) is 15.8 Å². The van der Waals surface area contributed by atoms with E-state index in [0.29, 0.717) is 27.3 Å². The minimum absolute atomic E-state index is 0.151. The Morgan fingerprint density at radius 1 is 1.03 bits per heavy atom. The molecule has 1 amide bonds. The number of aromatic nitrogens is 3. The highest BCUT2D eigenvalue weighted by molar-refractivity contribution is 7.17. The highest BCUT2D eigenvalue weighted by atomic mass is 32.1. The zero-order chi connectivity index (χ0) is 21.4. The number of fused-ring (bicyclic) bond motifs is 1. The number of amides is 1. The molecule has 0 saturated heterocycles. The van der Waals surface area contributed by atoms with Gasteiger partial charge in [-0.25, -0.2) is 9.97 Å². The van der Waals surface area contributed by atoms with Crippen LogP contribution in [0.5, 0.6) is 0 Å². The van der Waals surface area contributed by atoms with Crippen molar-refractivity contribution in [2.24, 2.45) is 0 Å². The van der Waals surface area contributed by atoms with E-state index in [9.17, 15) is 9.59 Å². The third-order valence-corrected chi connectivity index (χ3v) is 6.57. The number of para-hydroxylation sites is 1. The van der Waals surface area contributed by atoms with Crippen molar-refractivity contribution in [2.75, 3.05) is 5.32 Å². The molecule has 3 heterocycles. The lowest BCUT2D eigenvalue weighted by molar-refractivity contribution is 0.102. The van der Waals surface area contributed by atoms with Crippen LogP contribution in [0.25, 0.3) is 27.2 Å². The number of anilines is 1. The van der Waals surface area contributed by atoms with E-state index in [1.54, 1.807) is 47.7 Å². The largest absolute Gasteiger partial charge is 0.298 e. The first-order chi connectivity index (χ1) is 15.1. The Labute approximate surface area is 185 Å². The van der Waals surface area contributed by atoms with Crippen molar-refractivity contribution in [2.45, 2.75) is 6.92 Å². The van der Waals surface area contributed by atoms with Crippen LogP contribution in [0.15, 0.2) is 77.2 Å². The molecule has 31 heavy (non-hydrogen) atoms. The predicted octanol–water partition coefficient (Wildman–Crippen LogP) is 5.13. The number of aryl methyl sites for hydroxylation is 1. The van der Waals surface area contributed by atoms with Crippen LogP contribution in [0.4, 0.5) is 5.13 Å². The predicted molar refractivity (Wildman–Crippen MR) is 125 cm³/mol. The molecule has 5 rings (SSSR count). The van der Waals surface area contributed by atoms with Crippen molar-refractivity contribution in [3.8, 4) is 16.3 Å². The second-order valence-electron chi connectivity index (χ2n) is 6.89. The number of nitrogens with one attached hydrogen (secondary N) is 1. The van der Waals surface area contributed by atoms with Crippen molar-refractivity contribution in [1.82, 2.24) is 14.5 Å². The molecule has 6 nitrogen and oxygen atoms in total. The molecule has 0 aliphatic heterocycles. The number of nitrogens with zero attached hydrogens (tertiary/aromatic N) is 3. The normalized spacial score (nSPS) is 11.0. The van der Waals surface area contributed by atoms with E-state index in [1.807, 2.05) is 23.6 Å². The zero-order valence-corrected chi connectivity index (χ0v) is 18.0. The molecular weight excluding hydrogens is 428 g/mol. The summed E-state index contributed by atoms with van der Waals surface area (Å²) in [5.74, 6) is -0.251. The van der Waals surface area contributed by atoms with Gasteiger partial charge in [-0.1, -0.05) is 12.1 Å². The molecule has 0 fully saturated rings. The summed E-state index contributed by atoms with van der Waals surface area (Å²) in [6, 6.07) is 18.1. The van der Waals surface area contributed by atoms with Crippen LogP contribution in [0.2, 0.25) is 0 Å². The van der Waals surface area contributed by atoms with E-state index in [-0.39, 0.29) is 11.5 Å². The molecule has 0 saturated carbocycles. The fourth-order valence-corrected chi connectivity index (χ4v) is 4.82. The third kappa shape index (κ3) is 3.78. The highest BCUT2D eigenvalue weighted by Gasteiger charge is 2.12. The molecule has 5 aromatic rings. The number of carbonyl (C=O) groups is 1. The summed E-state index contributed by atoms with van der Waals surface area (Å²) in [6.07, 6.45) is 1.50. The van der Waals surface area contributed by atoms with E-state index in [4.69, 9.17) is 0 Å². The number of rotatable bonds is 4. The maximum absolute atomic E-state index is 12.7. The van der Waals surface area contributed by atoms with Gasteiger partial charge < -0.3 is 0 Å². The van der Waals surface area contributed by atoms with Crippen molar-refractivity contribution >= 4 is 44.6 Å². The fourth-order valence-electron chi connectivity index (χ4n) is 3.21. The Bertz CT molecular complexity index is 1470. The van der Waals surface area contributed by atoms with E-state index >= 15 is 0 Å². The van der Waals surface area contributed by atoms with Gasteiger partial charge in [0.2, 0.25) is 0 Å². The van der Waals surface area contributed by atoms with Gasteiger partial charge in [-0.2, -0.15) is 0 Å². The number of hydrogen-bond acceptors (Lipinski definition) is 6. The van der Waals surface area contributed by atoms with Crippen LogP contribution in [-0.2, 0) is 0 Å². The standard InChI is InChI=1S/C23H16N4O2S2/c1-14-6-11-20(31-14)19-12-30-23(25-19)26-21(28)15-7-9-16(10-8-15)27-13-24-18-5-3-2-4-17(18)22(27)29/h2-13H,1H3,(H,25,26,28). The van der Waals surface area contributed by atoms with Crippen LogP contribution in [0, 0.1) is 6.92 Å². The molecule has 0 aliphatic carbocycles. The molecule has 0 radical (unpaired) electrons. The van der Waals surface area contributed by atoms with E-state index in [0.717, 1.165) is 10.6 Å². The number of thiophene rings is 1. The van der Waals surface area contributed by atoms with Gasteiger partial charge in [-0.15, -0.1) is 22.7 Å². The fraction of sp³-hybridized carbons (Fsp3) is 0.0435. The van der Waals surface area contributed by atoms with Gasteiger partial charge in [0.25, 0.3) is 11.5 Å². The summed E-state index contributed by atoms with van der Waals surface area (Å²) in [4.78, 5) is 36.5. The molecule has 0 atom stereocenters. The summed E-state index contributed by atoms with van der Waals surface area (Å²) in [7, 11) is 0. The summed E-state index contributed by atoms with van der Waals surface area (Å²) in [5, 5.41) is 5.87. The molecule has 152 valence electrons. The Morgan fingerprint density at radius 3 is 2.61 bits per heavy atom. The second-order valence-corrected chi connectivity index (χ2v) is 9.03. The van der Waals surface area contributed by atoms with Crippen LogP contribution < -0.4 is 10.9 Å². The van der Waals surface area contributed by atoms with Crippen LogP contribution >= 0.6 is 22.7 Å². The van der Waals surface area contributed by atoms with Crippen molar-refractivity contribution in [3.63, 3.8) is 0 Å². The number of carbonyl (C=O) groups excluding carboxylic acids is 1. The van der Waals surface area contributed by atoms with Gasteiger partial charge in [-0.05, 0) is 55.5 Å². The molecule has 0 unspecified atom stereocenters. The van der Waals surface area contributed by atoms with Gasteiger partial charge in [0.15, 0.2) is 5.13 Å². The lowest BCUT2D eigenvalue weighted by Crippen LogP contribution is -2.19. The topological polar surface area (TPSA) is 76.9 Å². The smallest absolute Gasteiger partial charge is 0.265 e. The first-order valence-corrected chi connectivity index (χ1v) is 11.2. The number of benzene rings is 2. The summed E-state index contributed by atoms with van der Waals surface area (Å²) in [5.41, 5.74) is 2.48. The molecule has 8 heteroatoms. The number of thiazole rings is 1. The molecule has 0 bridgehead atoms. The quantitative estimate of drug-likeness (QED) is 0.417. The Kier molecular flexibility index (Phi) is 4.93. The van der Waals surface area contributed by atoms with E-state index < -0.39 is 0 Å². The summed E-state index contributed by atoms with van der Waals surface area (Å²) >= 11 is 3.06. The van der Waals surface area contributed by atoms with Crippen LogP contribution in [0.1, 0.15) is 15.2 Å². The highest BCUT2D eigenvalue weighted by Crippen LogP contribution is 2.30. The maximum atomic E-state index is 12.7. The molecule has 0 spiro atoms. The summed E-state index contributed by atoms with van der Waals surface area (Å²) < 4.78 is 1.47. The van der Waals surface area contributed by atoms with Crippen LogP contribution in [-0.4, -0.2) is 20.4 Å². The van der Waals surface area contributed by atoms with Crippen molar-refractivity contribution in [3.05, 3.63) is 93.2 Å². The lowest BCUT2D eigenvalue weighted by atomic mass is 10.2. The van der Waals surface area contributed by atoms with Crippen LogP contribution in [0.3, 0.4) is 0 Å². The minimum atomic E-state index is -0.251. The van der Waals surface area contributed by atoms with Gasteiger partial charge in [0.1, 0.15) is 6.33 Å². The third-order valence-electron chi connectivity index (χ3n) is 4.79. The van der Waals surface area contributed by atoms with Crippen molar-refractivity contribution < 1.29 is 4.79 Å². The Hall–Kier alpha value is -3.62. The average molecular weight is 445 g/mol. The Morgan fingerprint density at radius 2 is 1.84 bits per heavy atom.